The molecule has 0 radical (unpaired) electrons. The monoisotopic (exact) mass is 441 g/mol. The van der Waals surface area contributed by atoms with Crippen molar-refractivity contribution in [3.05, 3.63) is 46.3 Å². The Kier molecular flexibility index (Phi) is 6.03. The highest BCUT2D eigenvalue weighted by atomic mass is 16.6. The molecule has 0 aromatic heterocycles. The van der Waals surface area contributed by atoms with Gasteiger partial charge in [0.05, 0.1) is 18.8 Å². The van der Waals surface area contributed by atoms with Crippen LogP contribution in [0.25, 0.3) is 0 Å². The van der Waals surface area contributed by atoms with Crippen molar-refractivity contribution in [3.63, 3.8) is 0 Å². The first-order chi connectivity index (χ1) is 15.2. The van der Waals surface area contributed by atoms with Crippen LogP contribution >= 0.6 is 0 Å². The van der Waals surface area contributed by atoms with Crippen molar-refractivity contribution in [2.24, 2.45) is 5.41 Å². The minimum Gasteiger partial charge on any atom is -0.504 e. The number of hydrogen-bond donors (Lipinski definition) is 2. The van der Waals surface area contributed by atoms with Gasteiger partial charge in [-0.25, -0.2) is 4.79 Å². The maximum atomic E-state index is 13.3. The topological polar surface area (TPSA) is 94.1 Å². The lowest BCUT2D eigenvalue weighted by molar-refractivity contribution is -0.142. The number of aromatic hydroxyl groups is 1. The maximum absolute atomic E-state index is 13.3. The van der Waals surface area contributed by atoms with Crippen LogP contribution in [0.4, 0.5) is 0 Å². The Morgan fingerprint density at radius 1 is 1.31 bits per heavy atom. The molecule has 1 aromatic rings. The summed E-state index contributed by atoms with van der Waals surface area (Å²) < 4.78 is 16.5. The quantitative estimate of drug-likeness (QED) is 0.673. The molecule has 2 heterocycles. The van der Waals surface area contributed by atoms with Crippen LogP contribution in [-0.4, -0.2) is 43.3 Å². The Morgan fingerprint density at radius 3 is 2.78 bits per heavy atom. The molecule has 2 atom stereocenters. The zero-order valence-electron chi connectivity index (χ0n) is 19.1. The van der Waals surface area contributed by atoms with Gasteiger partial charge in [0.1, 0.15) is 6.61 Å². The molecule has 1 saturated heterocycles. The average molecular weight is 442 g/mol. The molecule has 0 bridgehead atoms. The number of nitrogens with one attached hydrogen (secondary N) is 1. The summed E-state index contributed by atoms with van der Waals surface area (Å²) in [6.07, 6.45) is 2.84. The van der Waals surface area contributed by atoms with E-state index in [0.717, 1.165) is 18.5 Å². The van der Waals surface area contributed by atoms with Gasteiger partial charge >= 0.3 is 5.97 Å². The molecule has 0 amide bonds. The van der Waals surface area contributed by atoms with E-state index in [9.17, 15) is 14.7 Å². The lowest BCUT2D eigenvalue weighted by atomic mass is 9.68. The number of carbonyl (C=O) groups is 2. The number of dihydropyridines is 1. The van der Waals surface area contributed by atoms with Crippen LogP contribution in [0, 0.1) is 5.41 Å². The van der Waals surface area contributed by atoms with Crippen molar-refractivity contribution in [1.82, 2.24) is 5.32 Å². The molecule has 0 unspecified atom stereocenters. The molecule has 0 saturated carbocycles. The van der Waals surface area contributed by atoms with E-state index in [1.165, 1.54) is 13.2 Å². The smallest absolute Gasteiger partial charge is 0.336 e. The highest BCUT2D eigenvalue weighted by Crippen LogP contribution is 2.47. The molecular weight excluding hydrogens is 410 g/mol. The Morgan fingerprint density at radius 2 is 2.09 bits per heavy atom. The number of methoxy groups -OCH3 is 1. The second-order valence-electron chi connectivity index (χ2n) is 9.59. The fourth-order valence-corrected chi connectivity index (χ4v) is 4.94. The van der Waals surface area contributed by atoms with Gasteiger partial charge in [0, 0.05) is 35.9 Å². The molecule has 2 aliphatic heterocycles. The summed E-state index contributed by atoms with van der Waals surface area (Å²) in [5.41, 5.74) is 3.04. The van der Waals surface area contributed by atoms with Crippen LogP contribution < -0.4 is 10.1 Å². The first-order valence-electron chi connectivity index (χ1n) is 11.1. The normalized spacial score (nSPS) is 24.8. The molecule has 7 nitrogen and oxygen atoms in total. The van der Waals surface area contributed by atoms with Crippen LogP contribution in [0.15, 0.2) is 40.7 Å². The Bertz CT molecular complexity index is 1000. The zero-order chi connectivity index (χ0) is 23.0. The number of hydrogen-bond acceptors (Lipinski definition) is 7. The third-order valence-electron chi connectivity index (χ3n) is 6.42. The van der Waals surface area contributed by atoms with Gasteiger partial charge in [-0.05, 0) is 49.3 Å². The molecule has 3 aliphatic rings. The maximum Gasteiger partial charge on any atom is 0.336 e. The van der Waals surface area contributed by atoms with Gasteiger partial charge in [-0.2, -0.15) is 0 Å². The van der Waals surface area contributed by atoms with E-state index in [0.29, 0.717) is 41.9 Å². The minimum absolute atomic E-state index is 0.00120. The number of phenolic OH excluding ortho intramolecular Hbond substituents is 1. The van der Waals surface area contributed by atoms with Gasteiger partial charge in [0.25, 0.3) is 0 Å². The van der Waals surface area contributed by atoms with Crippen LogP contribution in [-0.2, 0) is 19.1 Å². The van der Waals surface area contributed by atoms with Crippen LogP contribution in [0.5, 0.6) is 11.5 Å². The average Bonchev–Trinajstić information content (AvgIpc) is 3.24. The number of benzene rings is 1. The second kappa shape index (κ2) is 8.62. The van der Waals surface area contributed by atoms with Gasteiger partial charge < -0.3 is 24.6 Å². The van der Waals surface area contributed by atoms with Gasteiger partial charge in [-0.3, -0.25) is 4.79 Å². The van der Waals surface area contributed by atoms with Crippen LogP contribution in [0.1, 0.15) is 57.9 Å². The predicted octanol–water partition coefficient (Wildman–Crippen LogP) is 3.73. The summed E-state index contributed by atoms with van der Waals surface area (Å²) in [6, 6.07) is 4.94. The summed E-state index contributed by atoms with van der Waals surface area (Å²) in [5.74, 6) is -0.763. The van der Waals surface area contributed by atoms with Crippen molar-refractivity contribution in [2.45, 2.75) is 58.5 Å². The zero-order valence-corrected chi connectivity index (χ0v) is 19.1. The summed E-state index contributed by atoms with van der Waals surface area (Å²) >= 11 is 0. The third kappa shape index (κ3) is 4.26. The summed E-state index contributed by atoms with van der Waals surface area (Å²) in [7, 11) is 1.47. The number of esters is 1. The van der Waals surface area contributed by atoms with E-state index >= 15 is 0 Å². The molecule has 2 N–H and O–H groups in total. The first-order valence-corrected chi connectivity index (χ1v) is 11.1. The number of rotatable bonds is 5. The summed E-state index contributed by atoms with van der Waals surface area (Å²) in [6.45, 7) is 6.85. The molecule has 4 rings (SSSR count). The Labute approximate surface area is 188 Å². The molecule has 7 heteroatoms. The van der Waals surface area contributed by atoms with Crippen molar-refractivity contribution in [1.29, 1.82) is 0 Å². The first kappa shape index (κ1) is 22.4. The molecule has 1 aliphatic carbocycles. The largest absolute Gasteiger partial charge is 0.504 e. The van der Waals surface area contributed by atoms with Crippen molar-refractivity contribution < 1.29 is 28.9 Å². The number of phenols is 1. The standard InChI is InChI=1S/C25H31NO6/c1-14-21(24(29)32-13-16-6-5-9-31-16)22(15-7-8-18(27)20(10-15)30-4)23-17(26-14)11-25(2,3)12-19(23)28/h7-8,10,16,22,26-27H,5-6,9,11-13H2,1-4H3/t16-,22+/m0/s1. The Hall–Kier alpha value is -2.80. The predicted molar refractivity (Wildman–Crippen MR) is 118 cm³/mol. The fraction of sp³-hybridized carbons (Fsp3) is 0.520. The van der Waals surface area contributed by atoms with E-state index in [4.69, 9.17) is 14.2 Å². The number of Topliss-reactive ketones (excluding diaryl/α,β-unsaturated/α-hetero) is 1. The van der Waals surface area contributed by atoms with Crippen molar-refractivity contribution in [2.75, 3.05) is 20.3 Å². The molecule has 172 valence electrons. The van der Waals surface area contributed by atoms with Crippen LogP contribution in [0.3, 0.4) is 0 Å². The lowest BCUT2D eigenvalue weighted by Crippen LogP contribution is -2.39. The number of carbonyl (C=O) groups excluding carboxylic acids is 2. The van der Waals surface area contributed by atoms with E-state index in [1.807, 2.05) is 6.92 Å². The van der Waals surface area contributed by atoms with Gasteiger partial charge in [-0.15, -0.1) is 0 Å². The van der Waals surface area contributed by atoms with E-state index in [-0.39, 0.29) is 35.4 Å². The number of allylic oxidation sites excluding steroid dienone is 3. The van der Waals surface area contributed by atoms with E-state index in [1.54, 1.807) is 12.1 Å². The van der Waals surface area contributed by atoms with Crippen molar-refractivity contribution >= 4 is 11.8 Å². The highest BCUT2D eigenvalue weighted by Gasteiger charge is 2.43. The molecule has 0 spiro atoms. The second-order valence-corrected chi connectivity index (χ2v) is 9.59. The highest BCUT2D eigenvalue weighted by molar-refractivity contribution is 6.04. The Balaban J connectivity index is 1.75. The third-order valence-corrected chi connectivity index (χ3v) is 6.42. The van der Waals surface area contributed by atoms with Gasteiger partial charge in [-0.1, -0.05) is 19.9 Å². The molecular formula is C25H31NO6. The lowest BCUT2D eigenvalue weighted by Gasteiger charge is -2.39. The number of ether oxygens (including phenoxy) is 3. The number of ketones is 1. The van der Waals surface area contributed by atoms with Crippen LogP contribution in [0.2, 0.25) is 0 Å². The molecule has 32 heavy (non-hydrogen) atoms. The van der Waals surface area contributed by atoms with E-state index in [2.05, 4.69) is 19.2 Å². The molecule has 1 fully saturated rings. The minimum atomic E-state index is -0.596. The molecule has 1 aromatic carbocycles. The summed E-state index contributed by atoms with van der Waals surface area (Å²) in [4.78, 5) is 26.6. The fourth-order valence-electron chi connectivity index (χ4n) is 4.94. The SMILES string of the molecule is COc1cc([C@@H]2C(C(=O)OC[C@@H]3CCCO3)=C(C)NC3=C2C(=O)CC(C)(C)C3)ccc1O. The van der Waals surface area contributed by atoms with E-state index < -0.39 is 11.9 Å². The summed E-state index contributed by atoms with van der Waals surface area (Å²) in [5, 5.41) is 13.4. The van der Waals surface area contributed by atoms with Crippen molar-refractivity contribution in [3.8, 4) is 11.5 Å². The van der Waals surface area contributed by atoms with Gasteiger partial charge in [0.15, 0.2) is 17.3 Å². The van der Waals surface area contributed by atoms with Gasteiger partial charge in [0.2, 0.25) is 0 Å².